The maximum absolute atomic E-state index is 13.2. The third-order valence-electron chi connectivity index (χ3n) is 2.78. The Kier molecular flexibility index (Phi) is 3.86. The molecule has 0 spiro atoms. The fourth-order valence-electron chi connectivity index (χ4n) is 1.83. The van der Waals surface area contributed by atoms with Crippen LogP contribution in [0.25, 0.3) is 10.8 Å². The van der Waals surface area contributed by atoms with Crippen LogP contribution in [0.15, 0.2) is 39.1 Å². The van der Waals surface area contributed by atoms with Crippen LogP contribution in [-0.2, 0) is 10.0 Å². The third-order valence-corrected chi connectivity index (χ3v) is 5.03. The van der Waals surface area contributed by atoms with Crippen LogP contribution in [0.4, 0.5) is 14.5 Å². The summed E-state index contributed by atoms with van der Waals surface area (Å²) in [6.07, 6.45) is 0. The van der Waals surface area contributed by atoms with Crippen LogP contribution >= 0.6 is 11.3 Å². The van der Waals surface area contributed by atoms with Gasteiger partial charge in [0.05, 0.1) is 10.6 Å². The number of aryl methyl sites for hydroxylation is 1. The van der Waals surface area contributed by atoms with Gasteiger partial charge in [0.25, 0.3) is 15.9 Å². The van der Waals surface area contributed by atoms with Gasteiger partial charge in [-0.1, -0.05) is 5.16 Å². The Hall–Kier alpha value is -2.33. The molecule has 1 aromatic carbocycles. The zero-order valence-electron chi connectivity index (χ0n) is 11.6. The molecule has 0 radical (unpaired) electrons. The topological polar surface area (TPSA) is 85.1 Å². The summed E-state index contributed by atoms with van der Waals surface area (Å²) in [6.45, 7) is 1.62. The average Bonchev–Trinajstić information content (AvgIpc) is 3.06. The Morgan fingerprint density at radius 2 is 1.91 bits per heavy atom. The summed E-state index contributed by atoms with van der Waals surface area (Å²) in [4.78, 5) is 3.91. The first-order valence-corrected chi connectivity index (χ1v) is 8.58. The molecule has 3 aromatic rings. The van der Waals surface area contributed by atoms with Gasteiger partial charge in [-0.3, -0.25) is 4.72 Å². The van der Waals surface area contributed by atoms with Gasteiger partial charge in [0, 0.05) is 6.07 Å². The van der Waals surface area contributed by atoms with Gasteiger partial charge in [-0.25, -0.2) is 17.2 Å². The number of sulfonamides is 1. The predicted molar refractivity (Wildman–Crippen MR) is 79.5 cm³/mol. The zero-order valence-corrected chi connectivity index (χ0v) is 13.2. The summed E-state index contributed by atoms with van der Waals surface area (Å²) < 4.78 is 58.3. The van der Waals surface area contributed by atoms with Crippen molar-refractivity contribution in [2.24, 2.45) is 0 Å². The SMILES string of the molecule is Cc1noc(-c2sccc2NS(=O)(=O)c2cc(F)cc(F)c2)n1. The number of aromatic nitrogens is 2. The van der Waals surface area contributed by atoms with Crippen molar-refractivity contribution in [2.75, 3.05) is 4.72 Å². The van der Waals surface area contributed by atoms with Crippen molar-refractivity contribution in [1.82, 2.24) is 10.1 Å². The normalized spacial score (nSPS) is 11.6. The standard InChI is InChI=1S/C13H9F2N3O3S2/c1-7-16-13(21-17-7)12-11(2-3-22-12)18-23(19,20)10-5-8(14)4-9(15)6-10/h2-6,18H,1H3. The Morgan fingerprint density at radius 3 is 2.52 bits per heavy atom. The molecular formula is C13H9F2N3O3S2. The van der Waals surface area contributed by atoms with E-state index in [4.69, 9.17) is 4.52 Å². The predicted octanol–water partition coefficient (Wildman–Crippen LogP) is 3.19. The fraction of sp³-hybridized carbons (Fsp3) is 0.0769. The minimum Gasteiger partial charge on any atom is -0.333 e. The molecular weight excluding hydrogens is 348 g/mol. The van der Waals surface area contributed by atoms with Gasteiger partial charge in [-0.15, -0.1) is 11.3 Å². The first kappa shape index (κ1) is 15.6. The van der Waals surface area contributed by atoms with Crippen LogP contribution in [0, 0.1) is 18.6 Å². The summed E-state index contributed by atoms with van der Waals surface area (Å²) in [7, 11) is -4.17. The molecule has 0 saturated heterocycles. The number of nitrogens with one attached hydrogen (secondary N) is 1. The van der Waals surface area contributed by atoms with Gasteiger partial charge in [-0.2, -0.15) is 4.98 Å². The molecule has 120 valence electrons. The fourth-order valence-corrected chi connectivity index (χ4v) is 3.78. The van der Waals surface area contributed by atoms with Gasteiger partial charge >= 0.3 is 0 Å². The average molecular weight is 357 g/mol. The molecule has 0 aliphatic heterocycles. The van der Waals surface area contributed by atoms with Crippen molar-refractivity contribution < 1.29 is 21.7 Å². The molecule has 0 atom stereocenters. The number of thiophene rings is 1. The van der Waals surface area contributed by atoms with Crippen LogP contribution < -0.4 is 4.72 Å². The Balaban J connectivity index is 1.97. The van der Waals surface area contributed by atoms with Crippen molar-refractivity contribution in [3.63, 3.8) is 0 Å². The smallest absolute Gasteiger partial charge is 0.270 e. The van der Waals surface area contributed by atoms with Gasteiger partial charge in [0.15, 0.2) is 5.82 Å². The Morgan fingerprint density at radius 1 is 1.22 bits per heavy atom. The van der Waals surface area contributed by atoms with Crippen LogP contribution in [0.5, 0.6) is 0 Å². The van der Waals surface area contributed by atoms with E-state index in [1.807, 2.05) is 0 Å². The Bertz CT molecular complexity index is 946. The summed E-state index contributed by atoms with van der Waals surface area (Å²) in [5, 5.41) is 5.26. The molecule has 1 N–H and O–H groups in total. The van der Waals surface area contributed by atoms with E-state index in [9.17, 15) is 17.2 Å². The lowest BCUT2D eigenvalue weighted by Gasteiger charge is -2.08. The second kappa shape index (κ2) is 5.70. The molecule has 0 saturated carbocycles. The van der Waals surface area contributed by atoms with Crippen LogP contribution in [-0.4, -0.2) is 18.6 Å². The van der Waals surface area contributed by atoms with Crippen LogP contribution in [0.2, 0.25) is 0 Å². The number of nitrogens with zero attached hydrogens (tertiary/aromatic N) is 2. The van der Waals surface area contributed by atoms with Crippen molar-refractivity contribution in [3.8, 4) is 10.8 Å². The quantitative estimate of drug-likeness (QED) is 0.775. The minimum atomic E-state index is -4.17. The van der Waals surface area contributed by atoms with E-state index >= 15 is 0 Å². The molecule has 10 heteroatoms. The number of anilines is 1. The highest BCUT2D eigenvalue weighted by Gasteiger charge is 2.21. The van der Waals surface area contributed by atoms with E-state index in [0.29, 0.717) is 16.8 Å². The molecule has 0 aliphatic carbocycles. The Labute approximate surface area is 133 Å². The van der Waals surface area contributed by atoms with Crippen molar-refractivity contribution in [3.05, 3.63) is 47.1 Å². The molecule has 0 unspecified atom stereocenters. The summed E-state index contributed by atoms with van der Waals surface area (Å²) in [5.41, 5.74) is 0.184. The number of halogens is 2. The second-order valence-corrected chi connectivity index (χ2v) is 7.12. The van der Waals surface area contributed by atoms with Crippen LogP contribution in [0.1, 0.15) is 5.82 Å². The van der Waals surface area contributed by atoms with E-state index in [0.717, 1.165) is 12.1 Å². The van der Waals surface area contributed by atoms with E-state index in [-0.39, 0.29) is 11.6 Å². The molecule has 0 amide bonds. The number of hydrogen-bond donors (Lipinski definition) is 1. The third kappa shape index (κ3) is 3.22. The molecule has 0 bridgehead atoms. The number of rotatable bonds is 4. The summed E-state index contributed by atoms with van der Waals surface area (Å²) >= 11 is 1.19. The maximum atomic E-state index is 13.2. The lowest BCUT2D eigenvalue weighted by molar-refractivity contribution is 0.426. The van der Waals surface area contributed by atoms with Gasteiger partial charge < -0.3 is 4.52 Å². The molecule has 0 fully saturated rings. The van der Waals surface area contributed by atoms with Crippen molar-refractivity contribution in [1.29, 1.82) is 0 Å². The number of benzene rings is 1. The summed E-state index contributed by atoms with van der Waals surface area (Å²) in [5.74, 6) is -1.41. The molecule has 2 heterocycles. The van der Waals surface area contributed by atoms with E-state index in [1.54, 1.807) is 12.3 Å². The van der Waals surface area contributed by atoms with Gasteiger partial charge in [0.1, 0.15) is 16.5 Å². The highest BCUT2D eigenvalue weighted by atomic mass is 32.2. The number of hydrogen-bond acceptors (Lipinski definition) is 6. The van der Waals surface area contributed by atoms with Gasteiger partial charge in [-0.05, 0) is 30.5 Å². The zero-order chi connectivity index (χ0) is 16.6. The van der Waals surface area contributed by atoms with E-state index < -0.39 is 26.6 Å². The van der Waals surface area contributed by atoms with E-state index in [1.165, 1.54) is 17.4 Å². The molecule has 2 aromatic heterocycles. The van der Waals surface area contributed by atoms with E-state index in [2.05, 4.69) is 14.9 Å². The molecule has 6 nitrogen and oxygen atoms in total. The monoisotopic (exact) mass is 357 g/mol. The minimum absolute atomic E-state index is 0.153. The lowest BCUT2D eigenvalue weighted by Crippen LogP contribution is -2.13. The highest BCUT2D eigenvalue weighted by Crippen LogP contribution is 2.34. The molecule has 23 heavy (non-hydrogen) atoms. The largest absolute Gasteiger partial charge is 0.333 e. The van der Waals surface area contributed by atoms with Crippen molar-refractivity contribution in [2.45, 2.75) is 11.8 Å². The second-order valence-electron chi connectivity index (χ2n) is 4.52. The summed E-state index contributed by atoms with van der Waals surface area (Å²) in [6, 6.07) is 3.55. The molecule has 0 aliphatic rings. The highest BCUT2D eigenvalue weighted by molar-refractivity contribution is 7.92. The maximum Gasteiger partial charge on any atom is 0.270 e. The van der Waals surface area contributed by atoms with Gasteiger partial charge in [0.2, 0.25) is 0 Å². The van der Waals surface area contributed by atoms with Crippen molar-refractivity contribution >= 4 is 27.0 Å². The first-order valence-electron chi connectivity index (χ1n) is 6.22. The van der Waals surface area contributed by atoms with Crippen LogP contribution in [0.3, 0.4) is 0 Å². The lowest BCUT2D eigenvalue weighted by atomic mass is 10.3. The molecule has 3 rings (SSSR count). The first-order chi connectivity index (χ1) is 10.8.